The van der Waals surface area contributed by atoms with E-state index in [9.17, 15) is 4.79 Å². The molecular formula is C17H29N5O4. The van der Waals surface area contributed by atoms with E-state index in [1.165, 1.54) is 0 Å². The average Bonchev–Trinajstić information content (AvgIpc) is 3.03. The van der Waals surface area contributed by atoms with Crippen LogP contribution in [0.2, 0.25) is 0 Å². The van der Waals surface area contributed by atoms with Crippen molar-refractivity contribution in [2.24, 2.45) is 7.05 Å². The van der Waals surface area contributed by atoms with Crippen molar-refractivity contribution in [3.05, 3.63) is 11.6 Å². The van der Waals surface area contributed by atoms with E-state index in [0.717, 1.165) is 57.3 Å². The summed E-state index contributed by atoms with van der Waals surface area (Å²) in [6.07, 6.45) is 1.50. The van der Waals surface area contributed by atoms with Crippen molar-refractivity contribution in [2.45, 2.75) is 25.3 Å². The van der Waals surface area contributed by atoms with Crippen LogP contribution in [0.25, 0.3) is 0 Å². The number of piperidine rings is 1. The zero-order chi connectivity index (χ0) is 18.4. The molecule has 0 aliphatic carbocycles. The van der Waals surface area contributed by atoms with Gasteiger partial charge in [0.05, 0.1) is 26.4 Å². The van der Waals surface area contributed by atoms with Gasteiger partial charge in [-0.1, -0.05) is 0 Å². The number of rotatable bonds is 6. The van der Waals surface area contributed by atoms with Gasteiger partial charge in [0.25, 0.3) is 0 Å². The summed E-state index contributed by atoms with van der Waals surface area (Å²) in [4.78, 5) is 16.1. The molecule has 2 aliphatic rings. The van der Waals surface area contributed by atoms with Crippen LogP contribution in [-0.4, -0.2) is 90.4 Å². The minimum atomic E-state index is -0.258. The Kier molecular flexibility index (Phi) is 6.81. The number of hydrogen-bond acceptors (Lipinski definition) is 7. The van der Waals surface area contributed by atoms with Gasteiger partial charge in [0.15, 0.2) is 0 Å². The second-order valence-corrected chi connectivity index (χ2v) is 6.79. The highest BCUT2D eigenvalue weighted by Crippen LogP contribution is 2.27. The number of aromatic nitrogens is 3. The van der Waals surface area contributed by atoms with Crippen LogP contribution in [0.3, 0.4) is 0 Å². The third kappa shape index (κ3) is 4.72. The molecule has 1 amide bonds. The van der Waals surface area contributed by atoms with E-state index in [4.69, 9.17) is 14.2 Å². The predicted octanol–water partition coefficient (Wildman–Crippen LogP) is 0.610. The summed E-state index contributed by atoms with van der Waals surface area (Å²) in [5, 5.41) is 8.84. The lowest BCUT2D eigenvalue weighted by molar-refractivity contribution is 0.0326. The molecule has 26 heavy (non-hydrogen) atoms. The van der Waals surface area contributed by atoms with Crippen molar-refractivity contribution in [2.75, 3.05) is 59.7 Å². The molecule has 2 fully saturated rings. The molecule has 9 nitrogen and oxygen atoms in total. The SMILES string of the molecule is COCCOC(=O)N1CCC(c2nnc(CN3CCOCC3)n2C)CC1. The average molecular weight is 367 g/mol. The normalized spacial score (nSPS) is 19.7. The Hall–Kier alpha value is -1.71. The van der Waals surface area contributed by atoms with Crippen LogP contribution < -0.4 is 0 Å². The van der Waals surface area contributed by atoms with Crippen LogP contribution in [0.1, 0.15) is 30.4 Å². The third-order valence-electron chi connectivity index (χ3n) is 5.10. The van der Waals surface area contributed by atoms with Crippen LogP contribution in [0.5, 0.6) is 0 Å². The van der Waals surface area contributed by atoms with Gasteiger partial charge in [0, 0.05) is 46.3 Å². The first-order valence-corrected chi connectivity index (χ1v) is 9.28. The number of carbonyl (C=O) groups excluding carboxylic acids is 1. The first kappa shape index (κ1) is 19.1. The Morgan fingerprint density at radius 2 is 1.88 bits per heavy atom. The monoisotopic (exact) mass is 367 g/mol. The van der Waals surface area contributed by atoms with Crippen molar-refractivity contribution in [3.63, 3.8) is 0 Å². The lowest BCUT2D eigenvalue weighted by atomic mass is 9.96. The Balaban J connectivity index is 1.50. The molecule has 9 heteroatoms. The van der Waals surface area contributed by atoms with Crippen LogP contribution in [0, 0.1) is 0 Å². The number of carbonyl (C=O) groups is 1. The van der Waals surface area contributed by atoms with E-state index in [1.807, 2.05) is 7.05 Å². The van der Waals surface area contributed by atoms with Gasteiger partial charge >= 0.3 is 6.09 Å². The van der Waals surface area contributed by atoms with Crippen LogP contribution in [0.4, 0.5) is 4.79 Å². The van der Waals surface area contributed by atoms with Gasteiger partial charge in [0.2, 0.25) is 0 Å². The number of methoxy groups -OCH3 is 1. The highest BCUT2D eigenvalue weighted by atomic mass is 16.6. The Bertz CT molecular complexity index is 580. The standard InChI is InChI=1S/C17H29N5O4/c1-20-15(13-21-7-9-25-10-8-21)18-19-16(20)14-3-5-22(6-4-14)17(23)26-12-11-24-2/h14H,3-13H2,1-2H3. The molecule has 1 aromatic rings. The first-order valence-electron chi connectivity index (χ1n) is 9.28. The van der Waals surface area contributed by atoms with E-state index in [0.29, 0.717) is 32.2 Å². The lowest BCUT2D eigenvalue weighted by Gasteiger charge is -2.31. The molecular weight excluding hydrogens is 338 g/mol. The highest BCUT2D eigenvalue weighted by molar-refractivity contribution is 5.67. The van der Waals surface area contributed by atoms with E-state index in [2.05, 4.69) is 19.7 Å². The van der Waals surface area contributed by atoms with Crippen LogP contribution in [0.15, 0.2) is 0 Å². The summed E-state index contributed by atoms with van der Waals surface area (Å²) in [6.45, 7) is 6.32. The molecule has 0 radical (unpaired) electrons. The maximum Gasteiger partial charge on any atom is 0.409 e. The molecule has 0 spiro atoms. The number of hydrogen-bond donors (Lipinski definition) is 0. The van der Waals surface area contributed by atoms with Crippen molar-refractivity contribution in [1.82, 2.24) is 24.6 Å². The first-order chi connectivity index (χ1) is 12.7. The maximum absolute atomic E-state index is 12.0. The van der Waals surface area contributed by atoms with Crippen LogP contribution in [-0.2, 0) is 27.8 Å². The lowest BCUT2D eigenvalue weighted by Crippen LogP contribution is -2.39. The molecule has 0 N–H and O–H groups in total. The van der Waals surface area contributed by atoms with Gasteiger partial charge in [-0.25, -0.2) is 4.79 Å². The summed E-state index contributed by atoms with van der Waals surface area (Å²) in [5.41, 5.74) is 0. The van der Waals surface area contributed by atoms with Gasteiger partial charge in [-0.15, -0.1) is 10.2 Å². The highest BCUT2D eigenvalue weighted by Gasteiger charge is 2.28. The van der Waals surface area contributed by atoms with E-state index in [-0.39, 0.29) is 6.09 Å². The summed E-state index contributed by atoms with van der Waals surface area (Å²) in [7, 11) is 3.63. The zero-order valence-electron chi connectivity index (χ0n) is 15.7. The second-order valence-electron chi connectivity index (χ2n) is 6.79. The summed E-state index contributed by atoms with van der Waals surface area (Å²) >= 11 is 0. The molecule has 0 bridgehead atoms. The van der Waals surface area contributed by atoms with Crippen molar-refractivity contribution in [1.29, 1.82) is 0 Å². The fourth-order valence-electron chi connectivity index (χ4n) is 3.45. The molecule has 0 saturated carbocycles. The number of morpholine rings is 1. The molecule has 1 aromatic heterocycles. The Labute approximate surface area is 154 Å². The Morgan fingerprint density at radius 1 is 1.15 bits per heavy atom. The number of amides is 1. The van der Waals surface area contributed by atoms with Crippen molar-refractivity contribution < 1.29 is 19.0 Å². The Morgan fingerprint density at radius 3 is 2.58 bits per heavy atom. The molecule has 3 heterocycles. The quantitative estimate of drug-likeness (QED) is 0.681. The predicted molar refractivity (Wildman–Crippen MR) is 93.9 cm³/mol. The summed E-state index contributed by atoms with van der Waals surface area (Å²) in [6, 6.07) is 0. The van der Waals surface area contributed by atoms with E-state index in [1.54, 1.807) is 12.0 Å². The van der Waals surface area contributed by atoms with E-state index >= 15 is 0 Å². The maximum atomic E-state index is 12.0. The number of likely N-dealkylation sites (tertiary alicyclic amines) is 1. The van der Waals surface area contributed by atoms with Crippen molar-refractivity contribution in [3.8, 4) is 0 Å². The van der Waals surface area contributed by atoms with Gasteiger partial charge in [0.1, 0.15) is 18.3 Å². The van der Waals surface area contributed by atoms with E-state index < -0.39 is 0 Å². The molecule has 2 aliphatic heterocycles. The fourth-order valence-corrected chi connectivity index (χ4v) is 3.45. The fraction of sp³-hybridized carbons (Fsp3) is 0.824. The molecule has 0 aromatic carbocycles. The third-order valence-corrected chi connectivity index (χ3v) is 5.10. The molecule has 2 saturated heterocycles. The minimum Gasteiger partial charge on any atom is -0.447 e. The van der Waals surface area contributed by atoms with Gasteiger partial charge < -0.3 is 23.7 Å². The van der Waals surface area contributed by atoms with Crippen molar-refractivity contribution >= 4 is 6.09 Å². The number of ether oxygens (including phenoxy) is 3. The zero-order valence-corrected chi connectivity index (χ0v) is 15.7. The minimum absolute atomic E-state index is 0.258. The van der Waals surface area contributed by atoms with Gasteiger partial charge in [-0.05, 0) is 12.8 Å². The summed E-state index contributed by atoms with van der Waals surface area (Å²) in [5.74, 6) is 2.33. The topological polar surface area (TPSA) is 82.0 Å². The van der Waals surface area contributed by atoms with Crippen LogP contribution >= 0.6 is 0 Å². The molecule has 3 rings (SSSR count). The summed E-state index contributed by atoms with van der Waals surface area (Å²) < 4.78 is 17.6. The van der Waals surface area contributed by atoms with Gasteiger partial charge in [-0.3, -0.25) is 4.90 Å². The second kappa shape index (κ2) is 9.29. The number of nitrogens with zero attached hydrogens (tertiary/aromatic N) is 5. The molecule has 146 valence electrons. The largest absolute Gasteiger partial charge is 0.447 e. The smallest absolute Gasteiger partial charge is 0.409 e. The molecule has 0 unspecified atom stereocenters. The molecule has 0 atom stereocenters. The van der Waals surface area contributed by atoms with Gasteiger partial charge in [-0.2, -0.15) is 0 Å².